The lowest BCUT2D eigenvalue weighted by molar-refractivity contribution is 0.241. The normalized spacial score (nSPS) is 10.8. The van der Waals surface area contributed by atoms with Gasteiger partial charge >= 0.3 is 6.03 Å². The summed E-state index contributed by atoms with van der Waals surface area (Å²) in [5, 5.41) is 4.98. The SMILES string of the molecule is C=CCN(S)C(=O)Nc1ccc2ncc(-c3ccc4ccccc4c3)nc2n1. The van der Waals surface area contributed by atoms with Crippen LogP contribution in [-0.4, -0.2) is 31.8 Å². The van der Waals surface area contributed by atoms with Crippen LogP contribution in [0.1, 0.15) is 0 Å². The molecule has 0 aliphatic carbocycles. The van der Waals surface area contributed by atoms with E-state index >= 15 is 0 Å². The zero-order chi connectivity index (χ0) is 19.5. The topological polar surface area (TPSA) is 71.0 Å². The van der Waals surface area contributed by atoms with Crippen LogP contribution in [-0.2, 0) is 0 Å². The van der Waals surface area contributed by atoms with Gasteiger partial charge in [0.05, 0.1) is 18.4 Å². The van der Waals surface area contributed by atoms with Crippen molar-refractivity contribution in [2.24, 2.45) is 0 Å². The third-order valence-electron chi connectivity index (χ3n) is 4.22. The fraction of sp³-hybridized carbons (Fsp3) is 0.0476. The van der Waals surface area contributed by atoms with Crippen LogP contribution in [0.2, 0.25) is 0 Å². The van der Waals surface area contributed by atoms with Gasteiger partial charge in [0.1, 0.15) is 11.3 Å². The standard InChI is InChI=1S/C21H17N5OS/c1-2-11-26(28)21(27)25-19-10-9-17-20(24-19)23-18(13-22-17)16-8-7-14-5-3-4-6-15(14)12-16/h2-10,12-13,28H,1,11H2,(H,23,24,25,27). The van der Waals surface area contributed by atoms with Crippen LogP contribution in [0.4, 0.5) is 10.6 Å². The van der Waals surface area contributed by atoms with Gasteiger partial charge in [0.2, 0.25) is 0 Å². The van der Waals surface area contributed by atoms with Crippen molar-refractivity contribution < 1.29 is 4.79 Å². The number of nitrogens with one attached hydrogen (secondary N) is 1. The highest BCUT2D eigenvalue weighted by Crippen LogP contribution is 2.24. The summed E-state index contributed by atoms with van der Waals surface area (Å²) < 4.78 is 1.20. The van der Waals surface area contributed by atoms with Gasteiger partial charge in [-0.2, -0.15) is 0 Å². The van der Waals surface area contributed by atoms with Crippen molar-refractivity contribution in [2.45, 2.75) is 0 Å². The highest BCUT2D eigenvalue weighted by molar-refractivity contribution is 7.78. The third-order valence-corrected chi connectivity index (χ3v) is 4.57. The van der Waals surface area contributed by atoms with Gasteiger partial charge in [-0.3, -0.25) is 14.6 Å². The van der Waals surface area contributed by atoms with E-state index in [1.807, 2.05) is 18.2 Å². The Hall–Kier alpha value is -3.45. The summed E-state index contributed by atoms with van der Waals surface area (Å²) in [4.78, 5) is 25.6. The van der Waals surface area contributed by atoms with E-state index in [9.17, 15) is 4.79 Å². The molecule has 2 amide bonds. The van der Waals surface area contributed by atoms with Gasteiger partial charge in [-0.05, 0) is 29.0 Å². The molecule has 2 heterocycles. The number of urea groups is 1. The predicted octanol–water partition coefficient (Wildman–Crippen LogP) is 4.71. The molecule has 0 unspecified atom stereocenters. The van der Waals surface area contributed by atoms with Crippen LogP contribution < -0.4 is 5.32 Å². The van der Waals surface area contributed by atoms with E-state index in [1.165, 1.54) is 9.69 Å². The molecule has 0 bridgehead atoms. The molecule has 0 aliphatic rings. The molecule has 0 fully saturated rings. The molecule has 28 heavy (non-hydrogen) atoms. The summed E-state index contributed by atoms with van der Waals surface area (Å²) in [6.45, 7) is 3.90. The molecule has 0 spiro atoms. The van der Waals surface area contributed by atoms with Crippen LogP contribution in [0, 0.1) is 0 Å². The Morgan fingerprint density at radius 3 is 2.75 bits per heavy atom. The van der Waals surface area contributed by atoms with Gasteiger partial charge in [-0.25, -0.2) is 14.8 Å². The zero-order valence-electron chi connectivity index (χ0n) is 14.9. The summed E-state index contributed by atoms with van der Waals surface area (Å²) in [5.41, 5.74) is 2.78. The van der Waals surface area contributed by atoms with Gasteiger partial charge in [0, 0.05) is 5.56 Å². The molecule has 138 valence electrons. The quantitative estimate of drug-likeness (QED) is 0.393. The van der Waals surface area contributed by atoms with Crippen molar-refractivity contribution in [3.05, 3.63) is 73.4 Å². The largest absolute Gasteiger partial charge is 0.333 e. The fourth-order valence-corrected chi connectivity index (χ4v) is 3.00. The summed E-state index contributed by atoms with van der Waals surface area (Å²) >= 11 is 4.10. The molecule has 0 atom stereocenters. The minimum absolute atomic E-state index is 0.314. The van der Waals surface area contributed by atoms with Gasteiger partial charge in [-0.15, -0.1) is 6.58 Å². The Bertz CT molecular complexity index is 1190. The van der Waals surface area contributed by atoms with E-state index in [0.29, 0.717) is 23.5 Å². The molecule has 0 saturated carbocycles. The minimum Gasteiger partial charge on any atom is -0.291 e. The summed E-state index contributed by atoms with van der Waals surface area (Å²) in [6, 6.07) is 17.3. The second kappa shape index (κ2) is 7.66. The van der Waals surface area contributed by atoms with Gasteiger partial charge in [0.15, 0.2) is 5.65 Å². The van der Waals surface area contributed by atoms with Crippen LogP contribution in [0.25, 0.3) is 33.2 Å². The summed E-state index contributed by atoms with van der Waals surface area (Å²) in [5.74, 6) is 0.380. The number of carbonyl (C=O) groups is 1. The Labute approximate surface area is 167 Å². The van der Waals surface area contributed by atoms with E-state index in [2.05, 4.69) is 63.9 Å². The summed E-state index contributed by atoms with van der Waals surface area (Å²) in [7, 11) is 0. The maximum atomic E-state index is 12.1. The first-order valence-corrected chi connectivity index (χ1v) is 9.05. The van der Waals surface area contributed by atoms with Crippen molar-refractivity contribution in [1.29, 1.82) is 0 Å². The number of hydrogen-bond donors (Lipinski definition) is 2. The first-order chi connectivity index (χ1) is 13.6. The number of carbonyl (C=O) groups excluding carboxylic acids is 1. The second-order valence-electron chi connectivity index (χ2n) is 6.16. The summed E-state index contributed by atoms with van der Waals surface area (Å²) in [6.07, 6.45) is 3.31. The third kappa shape index (κ3) is 3.65. The molecule has 2 aromatic carbocycles. The number of aromatic nitrogens is 3. The van der Waals surface area contributed by atoms with Crippen molar-refractivity contribution >= 4 is 46.6 Å². The van der Waals surface area contributed by atoms with Crippen LogP contribution in [0.5, 0.6) is 0 Å². The molecule has 1 N–H and O–H groups in total. The number of pyridine rings is 1. The van der Waals surface area contributed by atoms with Gasteiger partial charge in [-0.1, -0.05) is 55.3 Å². The van der Waals surface area contributed by atoms with Crippen molar-refractivity contribution in [1.82, 2.24) is 19.3 Å². The van der Waals surface area contributed by atoms with E-state index in [-0.39, 0.29) is 0 Å². The van der Waals surface area contributed by atoms with Gasteiger partial charge < -0.3 is 0 Å². The lowest BCUT2D eigenvalue weighted by atomic mass is 10.1. The monoisotopic (exact) mass is 387 g/mol. The number of thiol groups is 1. The molecular weight excluding hydrogens is 370 g/mol. The van der Waals surface area contributed by atoms with Crippen LogP contribution in [0.3, 0.4) is 0 Å². The number of benzene rings is 2. The minimum atomic E-state index is -0.395. The lowest BCUT2D eigenvalue weighted by Crippen LogP contribution is -2.27. The Morgan fingerprint density at radius 1 is 1.11 bits per heavy atom. The highest BCUT2D eigenvalue weighted by atomic mass is 32.1. The number of nitrogens with zero attached hydrogens (tertiary/aromatic N) is 4. The number of amides is 2. The average Bonchev–Trinajstić information content (AvgIpc) is 2.73. The van der Waals surface area contributed by atoms with Crippen molar-refractivity contribution in [2.75, 3.05) is 11.9 Å². The number of fused-ring (bicyclic) bond motifs is 2. The number of rotatable bonds is 4. The second-order valence-corrected chi connectivity index (χ2v) is 6.64. The van der Waals surface area contributed by atoms with E-state index in [1.54, 1.807) is 24.4 Å². The van der Waals surface area contributed by atoms with E-state index in [4.69, 9.17) is 0 Å². The van der Waals surface area contributed by atoms with E-state index in [0.717, 1.165) is 16.6 Å². The van der Waals surface area contributed by atoms with Crippen LogP contribution in [0.15, 0.2) is 73.4 Å². The Morgan fingerprint density at radius 2 is 1.93 bits per heavy atom. The first kappa shape index (κ1) is 17.9. The molecule has 2 aromatic heterocycles. The molecule has 0 radical (unpaired) electrons. The molecule has 4 rings (SSSR count). The first-order valence-electron chi connectivity index (χ1n) is 8.65. The number of anilines is 1. The Balaban J connectivity index is 1.67. The van der Waals surface area contributed by atoms with Crippen molar-refractivity contribution in [3.63, 3.8) is 0 Å². The van der Waals surface area contributed by atoms with Crippen LogP contribution >= 0.6 is 12.8 Å². The molecule has 6 nitrogen and oxygen atoms in total. The number of hydrogen-bond acceptors (Lipinski definition) is 5. The molecule has 4 aromatic rings. The van der Waals surface area contributed by atoms with E-state index < -0.39 is 6.03 Å². The maximum absolute atomic E-state index is 12.1. The average molecular weight is 387 g/mol. The van der Waals surface area contributed by atoms with Gasteiger partial charge in [0.25, 0.3) is 0 Å². The van der Waals surface area contributed by atoms with Crippen molar-refractivity contribution in [3.8, 4) is 11.3 Å². The molecular formula is C21H17N5OS. The molecule has 7 heteroatoms. The molecule has 0 saturated heterocycles. The highest BCUT2D eigenvalue weighted by Gasteiger charge is 2.11. The maximum Gasteiger partial charge on any atom is 0.333 e. The Kier molecular flexibility index (Phi) is 4.90. The zero-order valence-corrected chi connectivity index (χ0v) is 15.8. The fourth-order valence-electron chi connectivity index (χ4n) is 2.83. The molecule has 0 aliphatic heterocycles. The predicted molar refractivity (Wildman–Crippen MR) is 115 cm³/mol. The lowest BCUT2D eigenvalue weighted by Gasteiger charge is -2.14. The smallest absolute Gasteiger partial charge is 0.291 e.